The number of aliphatic hydroxyl groups excluding tert-OH is 1. The van der Waals surface area contributed by atoms with E-state index < -0.39 is 6.10 Å². The van der Waals surface area contributed by atoms with Crippen LogP contribution >= 0.6 is 11.6 Å². The predicted molar refractivity (Wildman–Crippen MR) is 77.4 cm³/mol. The van der Waals surface area contributed by atoms with Gasteiger partial charge < -0.3 is 5.11 Å². The third-order valence-corrected chi connectivity index (χ3v) is 3.00. The predicted octanol–water partition coefficient (Wildman–Crippen LogP) is 4.26. The van der Waals surface area contributed by atoms with Crippen molar-refractivity contribution < 1.29 is 5.11 Å². The highest BCUT2D eigenvalue weighted by Crippen LogP contribution is 2.22. The number of hydrogen-bond donors (Lipinski definition) is 1. The maximum absolute atomic E-state index is 9.89. The summed E-state index contributed by atoms with van der Waals surface area (Å²) in [4.78, 5) is 0. The second kappa shape index (κ2) is 5.85. The SMILES string of the molecule is C[C@H](O)/C(=C\c1ccc(Cl)cc1)c1ccccc1. The molecule has 2 aromatic rings. The van der Waals surface area contributed by atoms with Crippen molar-refractivity contribution in [2.45, 2.75) is 13.0 Å². The minimum atomic E-state index is -0.511. The first-order valence-corrected chi connectivity index (χ1v) is 6.25. The standard InChI is InChI=1S/C16H15ClO/c1-12(18)16(14-5-3-2-4-6-14)11-13-7-9-15(17)10-8-13/h2-12,18H,1H3/b16-11+/t12-/m0/s1. The number of aliphatic hydroxyl groups is 1. The van der Waals surface area contributed by atoms with Gasteiger partial charge in [0.15, 0.2) is 0 Å². The number of halogens is 1. The van der Waals surface area contributed by atoms with Gasteiger partial charge in [-0.05, 0) is 41.8 Å². The fraction of sp³-hybridized carbons (Fsp3) is 0.125. The fourth-order valence-corrected chi connectivity index (χ4v) is 1.94. The van der Waals surface area contributed by atoms with Crippen LogP contribution in [-0.2, 0) is 0 Å². The lowest BCUT2D eigenvalue weighted by atomic mass is 9.99. The summed E-state index contributed by atoms with van der Waals surface area (Å²) >= 11 is 5.86. The lowest BCUT2D eigenvalue weighted by Crippen LogP contribution is -2.03. The van der Waals surface area contributed by atoms with E-state index in [4.69, 9.17) is 11.6 Å². The maximum atomic E-state index is 9.89. The van der Waals surface area contributed by atoms with E-state index in [1.807, 2.05) is 60.7 Å². The van der Waals surface area contributed by atoms with E-state index in [-0.39, 0.29) is 0 Å². The quantitative estimate of drug-likeness (QED) is 0.816. The zero-order valence-corrected chi connectivity index (χ0v) is 10.9. The number of benzene rings is 2. The molecule has 1 nitrogen and oxygen atoms in total. The van der Waals surface area contributed by atoms with Gasteiger partial charge in [-0.3, -0.25) is 0 Å². The van der Waals surface area contributed by atoms with E-state index in [1.54, 1.807) is 6.92 Å². The molecule has 0 spiro atoms. The molecule has 92 valence electrons. The molecule has 0 bridgehead atoms. The Kier molecular flexibility index (Phi) is 4.19. The van der Waals surface area contributed by atoms with Crippen LogP contribution in [0.3, 0.4) is 0 Å². The van der Waals surface area contributed by atoms with E-state index in [0.717, 1.165) is 16.7 Å². The maximum Gasteiger partial charge on any atom is 0.0767 e. The summed E-state index contributed by atoms with van der Waals surface area (Å²) < 4.78 is 0. The molecule has 18 heavy (non-hydrogen) atoms. The second-order valence-corrected chi connectivity index (χ2v) is 4.63. The Hall–Kier alpha value is -1.57. The van der Waals surface area contributed by atoms with Crippen LogP contribution in [0.5, 0.6) is 0 Å². The van der Waals surface area contributed by atoms with Gasteiger partial charge in [-0.15, -0.1) is 0 Å². The normalized spacial score (nSPS) is 13.4. The van der Waals surface area contributed by atoms with Gasteiger partial charge in [-0.25, -0.2) is 0 Å². The topological polar surface area (TPSA) is 20.2 Å². The van der Waals surface area contributed by atoms with Crippen molar-refractivity contribution >= 4 is 23.3 Å². The Morgan fingerprint density at radius 1 is 1.06 bits per heavy atom. The molecule has 0 aliphatic rings. The molecule has 0 heterocycles. The molecule has 0 unspecified atom stereocenters. The van der Waals surface area contributed by atoms with Crippen molar-refractivity contribution in [1.29, 1.82) is 0 Å². The fourth-order valence-electron chi connectivity index (χ4n) is 1.81. The molecule has 2 heteroatoms. The third-order valence-electron chi connectivity index (χ3n) is 2.75. The highest BCUT2D eigenvalue weighted by atomic mass is 35.5. The molecule has 2 rings (SSSR count). The van der Waals surface area contributed by atoms with Crippen molar-refractivity contribution in [3.63, 3.8) is 0 Å². The van der Waals surface area contributed by atoms with Gasteiger partial charge in [0.2, 0.25) is 0 Å². The summed E-state index contributed by atoms with van der Waals surface area (Å²) in [7, 11) is 0. The molecule has 0 fully saturated rings. The van der Waals surface area contributed by atoms with Crippen molar-refractivity contribution in [1.82, 2.24) is 0 Å². The third kappa shape index (κ3) is 3.22. The highest BCUT2D eigenvalue weighted by Gasteiger charge is 2.07. The van der Waals surface area contributed by atoms with Crippen LogP contribution in [0.15, 0.2) is 54.6 Å². The molecular weight excluding hydrogens is 244 g/mol. The monoisotopic (exact) mass is 258 g/mol. The van der Waals surface area contributed by atoms with E-state index in [0.29, 0.717) is 5.02 Å². The van der Waals surface area contributed by atoms with Crippen LogP contribution in [0.4, 0.5) is 0 Å². The van der Waals surface area contributed by atoms with Crippen molar-refractivity contribution in [3.05, 3.63) is 70.7 Å². The Bertz CT molecular complexity index is 527. The van der Waals surface area contributed by atoms with Gasteiger partial charge in [-0.2, -0.15) is 0 Å². The molecule has 1 N–H and O–H groups in total. The molecular formula is C16H15ClO. The Morgan fingerprint density at radius 2 is 1.67 bits per heavy atom. The van der Waals surface area contributed by atoms with Gasteiger partial charge in [0, 0.05) is 5.02 Å². The van der Waals surface area contributed by atoms with E-state index >= 15 is 0 Å². The lowest BCUT2D eigenvalue weighted by Gasteiger charge is -2.11. The van der Waals surface area contributed by atoms with Gasteiger partial charge in [0.05, 0.1) is 6.10 Å². The molecule has 0 aliphatic heterocycles. The van der Waals surface area contributed by atoms with Crippen LogP contribution in [0, 0.1) is 0 Å². The summed E-state index contributed by atoms with van der Waals surface area (Å²) in [6, 6.07) is 17.5. The molecule has 2 aromatic carbocycles. The summed E-state index contributed by atoms with van der Waals surface area (Å²) in [5.41, 5.74) is 2.96. The first-order valence-electron chi connectivity index (χ1n) is 5.87. The lowest BCUT2D eigenvalue weighted by molar-refractivity contribution is 0.254. The van der Waals surface area contributed by atoms with Crippen molar-refractivity contribution in [2.75, 3.05) is 0 Å². The molecule has 0 amide bonds. The Morgan fingerprint density at radius 3 is 2.22 bits per heavy atom. The van der Waals surface area contributed by atoms with Gasteiger partial charge in [0.25, 0.3) is 0 Å². The first kappa shape index (κ1) is 12.9. The molecule has 0 saturated heterocycles. The molecule has 0 radical (unpaired) electrons. The molecule has 1 atom stereocenters. The average Bonchev–Trinajstić information content (AvgIpc) is 2.38. The van der Waals surface area contributed by atoms with E-state index in [9.17, 15) is 5.11 Å². The highest BCUT2D eigenvalue weighted by molar-refractivity contribution is 6.30. The Balaban J connectivity index is 2.39. The van der Waals surface area contributed by atoms with Crippen molar-refractivity contribution in [2.24, 2.45) is 0 Å². The summed E-state index contributed by atoms with van der Waals surface area (Å²) in [5, 5.41) is 10.6. The van der Waals surface area contributed by atoms with Gasteiger partial charge in [-0.1, -0.05) is 54.1 Å². The zero-order chi connectivity index (χ0) is 13.0. The first-order chi connectivity index (χ1) is 8.66. The molecule has 0 saturated carbocycles. The molecule has 0 aromatic heterocycles. The second-order valence-electron chi connectivity index (χ2n) is 4.19. The summed E-state index contributed by atoms with van der Waals surface area (Å²) in [6.07, 6.45) is 1.47. The van der Waals surface area contributed by atoms with Gasteiger partial charge >= 0.3 is 0 Å². The summed E-state index contributed by atoms with van der Waals surface area (Å²) in [5.74, 6) is 0. The molecule has 0 aliphatic carbocycles. The van der Waals surface area contributed by atoms with E-state index in [1.165, 1.54) is 0 Å². The number of hydrogen-bond acceptors (Lipinski definition) is 1. The summed E-state index contributed by atoms with van der Waals surface area (Å²) in [6.45, 7) is 1.77. The van der Waals surface area contributed by atoms with Crippen LogP contribution in [-0.4, -0.2) is 11.2 Å². The minimum absolute atomic E-state index is 0.511. The largest absolute Gasteiger partial charge is 0.389 e. The van der Waals surface area contributed by atoms with Gasteiger partial charge in [0.1, 0.15) is 0 Å². The van der Waals surface area contributed by atoms with Crippen molar-refractivity contribution in [3.8, 4) is 0 Å². The average molecular weight is 259 g/mol. The zero-order valence-electron chi connectivity index (χ0n) is 10.2. The van der Waals surface area contributed by atoms with Crippen LogP contribution < -0.4 is 0 Å². The Labute approximate surface area is 112 Å². The minimum Gasteiger partial charge on any atom is -0.389 e. The number of rotatable bonds is 3. The van der Waals surface area contributed by atoms with Crippen LogP contribution in [0.2, 0.25) is 5.02 Å². The van der Waals surface area contributed by atoms with E-state index in [2.05, 4.69) is 0 Å². The van der Waals surface area contributed by atoms with Crippen LogP contribution in [0.1, 0.15) is 18.1 Å². The van der Waals surface area contributed by atoms with Crippen LogP contribution in [0.25, 0.3) is 11.6 Å². The smallest absolute Gasteiger partial charge is 0.0767 e.